The fraction of sp³-hybridized carbons (Fsp3) is 0.833. The molecule has 0 amide bonds. The number of rotatable bonds is 1. The van der Waals surface area contributed by atoms with Crippen molar-refractivity contribution in [2.45, 2.75) is 31.4 Å². The molecule has 5 N–H and O–H groups in total. The van der Waals surface area contributed by atoms with Crippen LogP contribution in [0.1, 0.15) is 19.3 Å². The van der Waals surface area contributed by atoms with E-state index in [4.69, 9.17) is 16.6 Å². The molecule has 0 saturated heterocycles. The molecule has 4 heteroatoms. The van der Waals surface area contributed by atoms with E-state index in [9.17, 15) is 0 Å². The predicted molar refractivity (Wildman–Crippen MR) is 39.5 cm³/mol. The molecule has 0 unspecified atom stereocenters. The maximum atomic E-state index is 9.06. The minimum absolute atomic E-state index is 0.124. The summed E-state index contributed by atoms with van der Waals surface area (Å²) >= 11 is 0. The second kappa shape index (κ2) is 2.88. The van der Waals surface area contributed by atoms with Crippen LogP contribution >= 0.6 is 0 Å². The van der Waals surface area contributed by atoms with Crippen molar-refractivity contribution in [2.75, 3.05) is 0 Å². The van der Waals surface area contributed by atoms with E-state index >= 15 is 0 Å². The predicted octanol–water partition coefficient (Wildman–Crippen LogP) is -0.827. The van der Waals surface area contributed by atoms with Crippen LogP contribution in [0.4, 0.5) is 0 Å². The van der Waals surface area contributed by atoms with Gasteiger partial charge in [-0.25, -0.2) is 0 Å². The fourth-order valence-corrected chi connectivity index (χ4v) is 1.26. The van der Waals surface area contributed by atoms with Crippen LogP contribution in [-0.2, 0) is 0 Å². The Morgan fingerprint density at radius 3 is 2.50 bits per heavy atom. The number of guanidine groups is 1. The highest BCUT2D eigenvalue weighted by molar-refractivity contribution is 5.75. The number of nitrogens with two attached hydrogens (primary N) is 2. The summed E-state index contributed by atoms with van der Waals surface area (Å²) in [6.45, 7) is 0. The fourth-order valence-electron chi connectivity index (χ4n) is 1.26. The molecular weight excluding hydrogens is 130 g/mol. The molecule has 0 aliphatic heterocycles. The molecule has 0 heterocycles. The first-order valence-corrected chi connectivity index (χ1v) is 3.45. The average Bonchev–Trinajstić information content (AvgIpc) is 2.13. The second-order valence-corrected chi connectivity index (χ2v) is 2.67. The van der Waals surface area contributed by atoms with E-state index < -0.39 is 0 Å². The summed E-state index contributed by atoms with van der Waals surface area (Å²) in [5.74, 6) is 0.124. The highest BCUT2D eigenvalue weighted by Gasteiger charge is 2.21. The largest absolute Gasteiger partial charge is 0.393 e. The molecule has 0 aromatic carbocycles. The van der Waals surface area contributed by atoms with Gasteiger partial charge in [-0.2, -0.15) is 0 Å². The molecule has 1 saturated carbocycles. The van der Waals surface area contributed by atoms with Gasteiger partial charge < -0.3 is 16.6 Å². The van der Waals surface area contributed by atoms with Crippen LogP contribution in [0.15, 0.2) is 4.99 Å². The van der Waals surface area contributed by atoms with E-state index in [0.29, 0.717) is 6.42 Å². The van der Waals surface area contributed by atoms with E-state index in [0.717, 1.165) is 12.8 Å². The van der Waals surface area contributed by atoms with Crippen LogP contribution in [0.3, 0.4) is 0 Å². The number of hydrogen-bond donors (Lipinski definition) is 3. The molecule has 0 aromatic rings. The lowest BCUT2D eigenvalue weighted by Crippen LogP contribution is -2.25. The van der Waals surface area contributed by atoms with E-state index in [1.54, 1.807) is 0 Å². The maximum absolute atomic E-state index is 9.06. The zero-order valence-corrected chi connectivity index (χ0v) is 5.83. The molecule has 1 rings (SSSR count). The maximum Gasteiger partial charge on any atom is 0.186 e. The third kappa shape index (κ3) is 1.88. The Balaban J connectivity index is 2.38. The third-order valence-corrected chi connectivity index (χ3v) is 1.71. The molecule has 0 aromatic heterocycles. The SMILES string of the molecule is NC(N)=N[C@@H]1CC[C@H](O)C1. The van der Waals surface area contributed by atoms with E-state index in [1.807, 2.05) is 0 Å². The van der Waals surface area contributed by atoms with Crippen LogP contribution in [0.5, 0.6) is 0 Å². The Kier molecular flexibility index (Phi) is 2.11. The minimum Gasteiger partial charge on any atom is -0.393 e. The van der Waals surface area contributed by atoms with Gasteiger partial charge in [-0.15, -0.1) is 0 Å². The molecule has 4 nitrogen and oxygen atoms in total. The summed E-state index contributed by atoms with van der Waals surface area (Å²) in [7, 11) is 0. The van der Waals surface area contributed by atoms with Gasteiger partial charge in [0.25, 0.3) is 0 Å². The minimum atomic E-state index is -0.201. The van der Waals surface area contributed by atoms with Gasteiger partial charge >= 0.3 is 0 Å². The molecule has 1 fully saturated rings. The lowest BCUT2D eigenvalue weighted by molar-refractivity contribution is 0.181. The van der Waals surface area contributed by atoms with E-state index in [1.165, 1.54) is 0 Å². The van der Waals surface area contributed by atoms with Crippen molar-refractivity contribution in [3.63, 3.8) is 0 Å². The first kappa shape index (κ1) is 7.34. The van der Waals surface area contributed by atoms with Gasteiger partial charge in [0.05, 0.1) is 12.1 Å². The van der Waals surface area contributed by atoms with Gasteiger partial charge in [0.1, 0.15) is 0 Å². The van der Waals surface area contributed by atoms with Crippen molar-refractivity contribution in [1.82, 2.24) is 0 Å². The molecule has 2 atom stereocenters. The highest BCUT2D eigenvalue weighted by Crippen LogP contribution is 2.21. The first-order valence-electron chi connectivity index (χ1n) is 3.45. The Hall–Kier alpha value is -0.770. The Morgan fingerprint density at radius 1 is 1.40 bits per heavy atom. The molecule has 0 spiro atoms. The molecule has 0 radical (unpaired) electrons. The van der Waals surface area contributed by atoms with Gasteiger partial charge in [0.2, 0.25) is 0 Å². The summed E-state index contributed by atoms with van der Waals surface area (Å²) in [6.07, 6.45) is 2.23. The van der Waals surface area contributed by atoms with Crippen molar-refractivity contribution >= 4 is 5.96 Å². The van der Waals surface area contributed by atoms with Crippen LogP contribution in [-0.4, -0.2) is 23.2 Å². The summed E-state index contributed by atoms with van der Waals surface area (Å²) in [5, 5.41) is 9.06. The van der Waals surface area contributed by atoms with Crippen molar-refractivity contribution < 1.29 is 5.11 Å². The number of nitrogens with zero attached hydrogens (tertiary/aromatic N) is 1. The monoisotopic (exact) mass is 143 g/mol. The lowest BCUT2D eigenvalue weighted by Gasteiger charge is -2.01. The van der Waals surface area contributed by atoms with Gasteiger partial charge in [0, 0.05) is 0 Å². The summed E-state index contributed by atoms with van der Waals surface area (Å²) < 4.78 is 0. The summed E-state index contributed by atoms with van der Waals surface area (Å²) in [5.41, 5.74) is 10.3. The lowest BCUT2D eigenvalue weighted by atomic mass is 10.3. The second-order valence-electron chi connectivity index (χ2n) is 2.67. The standard InChI is InChI=1S/C6H13N3O/c7-6(8)9-4-1-2-5(10)3-4/h4-5,10H,1-3H2,(H4,7,8,9)/t4-,5+/m1/s1. The molecule has 10 heavy (non-hydrogen) atoms. The zero-order chi connectivity index (χ0) is 7.56. The zero-order valence-electron chi connectivity index (χ0n) is 5.83. The smallest absolute Gasteiger partial charge is 0.186 e. The van der Waals surface area contributed by atoms with Crippen LogP contribution in [0.2, 0.25) is 0 Å². The van der Waals surface area contributed by atoms with Gasteiger partial charge in [-0.05, 0) is 19.3 Å². The van der Waals surface area contributed by atoms with Crippen molar-refractivity contribution in [1.29, 1.82) is 0 Å². The Morgan fingerprint density at radius 2 is 2.10 bits per heavy atom. The Bertz CT molecular complexity index is 142. The van der Waals surface area contributed by atoms with Crippen LogP contribution < -0.4 is 11.5 Å². The number of aliphatic hydroxyl groups is 1. The summed E-state index contributed by atoms with van der Waals surface area (Å²) in [6, 6.07) is 0.153. The van der Waals surface area contributed by atoms with Crippen molar-refractivity contribution in [3.8, 4) is 0 Å². The van der Waals surface area contributed by atoms with E-state index in [-0.39, 0.29) is 18.1 Å². The first-order chi connectivity index (χ1) is 4.68. The topological polar surface area (TPSA) is 84.6 Å². The van der Waals surface area contributed by atoms with Crippen molar-refractivity contribution in [2.24, 2.45) is 16.5 Å². The van der Waals surface area contributed by atoms with Crippen LogP contribution in [0, 0.1) is 0 Å². The normalized spacial score (nSPS) is 32.1. The highest BCUT2D eigenvalue weighted by atomic mass is 16.3. The third-order valence-electron chi connectivity index (χ3n) is 1.71. The Labute approximate surface area is 59.9 Å². The molecule has 1 aliphatic carbocycles. The molecular formula is C6H13N3O. The number of aliphatic imine (C=N–C) groups is 1. The van der Waals surface area contributed by atoms with Crippen molar-refractivity contribution in [3.05, 3.63) is 0 Å². The molecule has 58 valence electrons. The van der Waals surface area contributed by atoms with E-state index in [2.05, 4.69) is 4.99 Å². The van der Waals surface area contributed by atoms with Gasteiger partial charge in [-0.3, -0.25) is 4.99 Å². The summed E-state index contributed by atoms with van der Waals surface area (Å²) in [4.78, 5) is 3.94. The van der Waals surface area contributed by atoms with Gasteiger partial charge in [-0.1, -0.05) is 0 Å². The van der Waals surface area contributed by atoms with Gasteiger partial charge in [0.15, 0.2) is 5.96 Å². The average molecular weight is 143 g/mol. The number of aliphatic hydroxyl groups excluding tert-OH is 1. The molecule has 0 bridgehead atoms. The van der Waals surface area contributed by atoms with Crippen LogP contribution in [0.25, 0.3) is 0 Å². The quantitative estimate of drug-likeness (QED) is 0.331. The molecule has 1 aliphatic rings. The number of hydrogen-bond acceptors (Lipinski definition) is 2.